The number of hydrogen-bond donors (Lipinski definition) is 2. The summed E-state index contributed by atoms with van der Waals surface area (Å²) in [5, 5.41) is 12.5. The lowest BCUT2D eigenvalue weighted by Gasteiger charge is -2.18. The maximum Gasteiger partial charge on any atom is 0.326 e. The van der Waals surface area contributed by atoms with Crippen LogP contribution in [0.15, 0.2) is 48.6 Å². The van der Waals surface area contributed by atoms with Crippen molar-refractivity contribution in [2.75, 3.05) is 20.3 Å². The summed E-state index contributed by atoms with van der Waals surface area (Å²) in [6, 6.07) is 8.65. The summed E-state index contributed by atoms with van der Waals surface area (Å²) in [5.74, 6) is -0.481. The van der Waals surface area contributed by atoms with Crippen LogP contribution in [-0.4, -0.2) is 43.3 Å². The third-order valence-corrected chi connectivity index (χ3v) is 4.60. The number of amides is 1. The summed E-state index contributed by atoms with van der Waals surface area (Å²) >= 11 is 6.23. The van der Waals surface area contributed by atoms with Gasteiger partial charge in [-0.15, -0.1) is 0 Å². The Bertz CT molecular complexity index is 943. The standard InChI is InChI=1S/C21H20ClNO6/c1-27-14-5-7-18-15(12-14)20(24)23-17(21(25)26)11-13-4-6-19(16(22)10-13)29-9-3-2-8-28-18/h2-7,10,12,17H,8-9,11H2,1H3,(H,23,24)(H,25,26)/b3-2+/t17-/m0/s1. The van der Waals surface area contributed by atoms with E-state index in [0.29, 0.717) is 27.8 Å². The van der Waals surface area contributed by atoms with Gasteiger partial charge in [-0.05, 0) is 48.0 Å². The van der Waals surface area contributed by atoms with Gasteiger partial charge in [-0.1, -0.05) is 17.7 Å². The Balaban J connectivity index is 1.97. The van der Waals surface area contributed by atoms with Crippen molar-refractivity contribution in [1.29, 1.82) is 0 Å². The molecule has 29 heavy (non-hydrogen) atoms. The van der Waals surface area contributed by atoms with Crippen LogP contribution in [0.4, 0.5) is 0 Å². The number of methoxy groups -OCH3 is 1. The highest BCUT2D eigenvalue weighted by molar-refractivity contribution is 6.32. The number of halogens is 1. The normalized spacial score (nSPS) is 18.0. The van der Waals surface area contributed by atoms with E-state index in [0.717, 1.165) is 0 Å². The smallest absolute Gasteiger partial charge is 0.326 e. The molecular formula is C21H20ClNO6. The maximum absolute atomic E-state index is 12.8. The quantitative estimate of drug-likeness (QED) is 0.729. The summed E-state index contributed by atoms with van der Waals surface area (Å²) in [4.78, 5) is 24.6. The maximum atomic E-state index is 12.8. The average molecular weight is 418 g/mol. The van der Waals surface area contributed by atoms with E-state index in [1.807, 2.05) is 0 Å². The number of ether oxygens (including phenoxy) is 3. The van der Waals surface area contributed by atoms with E-state index in [9.17, 15) is 14.7 Å². The summed E-state index contributed by atoms with van der Waals surface area (Å²) in [6.07, 6.45) is 3.58. The second kappa shape index (κ2) is 9.34. The molecule has 8 heteroatoms. The topological polar surface area (TPSA) is 94.1 Å². The predicted molar refractivity (Wildman–Crippen MR) is 107 cm³/mol. The van der Waals surface area contributed by atoms with E-state index in [1.165, 1.54) is 13.2 Å². The van der Waals surface area contributed by atoms with Crippen molar-refractivity contribution >= 4 is 23.5 Å². The lowest BCUT2D eigenvalue weighted by Crippen LogP contribution is -2.42. The molecule has 2 aliphatic heterocycles. The first-order valence-corrected chi connectivity index (χ1v) is 9.26. The number of aliphatic carboxylic acids is 1. The van der Waals surface area contributed by atoms with Crippen LogP contribution in [0, 0.1) is 0 Å². The van der Waals surface area contributed by atoms with Crippen LogP contribution in [0.2, 0.25) is 5.02 Å². The molecule has 0 spiro atoms. The second-order valence-corrected chi connectivity index (χ2v) is 6.70. The van der Waals surface area contributed by atoms with Gasteiger partial charge in [0, 0.05) is 6.42 Å². The van der Waals surface area contributed by atoms with Crippen LogP contribution in [0.5, 0.6) is 17.2 Å². The zero-order chi connectivity index (χ0) is 20.8. The Morgan fingerprint density at radius 2 is 1.83 bits per heavy atom. The number of nitrogens with one attached hydrogen (secondary N) is 1. The molecule has 2 bridgehead atoms. The van der Waals surface area contributed by atoms with Crippen LogP contribution in [0.25, 0.3) is 0 Å². The highest BCUT2D eigenvalue weighted by Gasteiger charge is 2.24. The van der Waals surface area contributed by atoms with E-state index in [-0.39, 0.29) is 25.2 Å². The molecule has 0 unspecified atom stereocenters. The number of carboxylic acid groups (broad SMARTS) is 1. The minimum absolute atomic E-state index is 0.0567. The fraction of sp³-hybridized carbons (Fsp3) is 0.238. The molecule has 0 aromatic heterocycles. The largest absolute Gasteiger partial charge is 0.497 e. The van der Waals surface area contributed by atoms with Gasteiger partial charge >= 0.3 is 5.97 Å². The molecule has 0 aliphatic carbocycles. The number of rotatable bonds is 2. The Labute approximate surface area is 172 Å². The Morgan fingerprint density at radius 1 is 1.14 bits per heavy atom. The molecule has 1 atom stereocenters. The van der Waals surface area contributed by atoms with Crippen LogP contribution in [0.3, 0.4) is 0 Å². The van der Waals surface area contributed by atoms with Gasteiger partial charge in [0.1, 0.15) is 36.5 Å². The van der Waals surface area contributed by atoms with Crippen molar-refractivity contribution in [3.8, 4) is 17.2 Å². The van der Waals surface area contributed by atoms with Crippen molar-refractivity contribution in [1.82, 2.24) is 5.32 Å². The molecule has 0 radical (unpaired) electrons. The van der Waals surface area contributed by atoms with E-state index in [4.69, 9.17) is 25.8 Å². The first kappa shape index (κ1) is 20.5. The van der Waals surface area contributed by atoms with E-state index >= 15 is 0 Å². The molecule has 4 rings (SSSR count). The average Bonchev–Trinajstić information content (AvgIpc) is 2.70. The SMILES string of the molecule is COc1ccc2c(c1)C(=O)N[C@H](C(=O)O)Cc1ccc(c(Cl)c1)OC/C=C/CO2. The third kappa shape index (κ3) is 5.20. The molecule has 0 fully saturated rings. The molecule has 7 nitrogen and oxygen atoms in total. The van der Waals surface area contributed by atoms with Gasteiger partial charge in [0.05, 0.1) is 17.7 Å². The van der Waals surface area contributed by atoms with Crippen molar-refractivity contribution in [2.45, 2.75) is 12.5 Å². The van der Waals surface area contributed by atoms with Crippen LogP contribution < -0.4 is 19.5 Å². The van der Waals surface area contributed by atoms with Crippen LogP contribution in [-0.2, 0) is 11.2 Å². The Hall–Kier alpha value is -3.19. The van der Waals surface area contributed by atoms with Gasteiger partial charge in [0.2, 0.25) is 0 Å². The molecule has 0 saturated carbocycles. The fourth-order valence-electron chi connectivity index (χ4n) is 2.81. The Morgan fingerprint density at radius 3 is 2.48 bits per heavy atom. The number of carbonyl (C=O) groups is 2. The molecule has 152 valence electrons. The van der Waals surface area contributed by atoms with E-state index in [1.54, 1.807) is 42.5 Å². The van der Waals surface area contributed by atoms with Crippen molar-refractivity contribution in [2.24, 2.45) is 0 Å². The molecule has 2 aromatic carbocycles. The lowest BCUT2D eigenvalue weighted by molar-refractivity contribution is -0.139. The first-order valence-electron chi connectivity index (χ1n) is 8.88. The zero-order valence-electron chi connectivity index (χ0n) is 15.7. The molecule has 2 aromatic rings. The van der Waals surface area contributed by atoms with Crippen molar-refractivity contribution < 1.29 is 28.9 Å². The number of carboxylic acids is 1. The Kier molecular flexibility index (Phi) is 6.61. The highest BCUT2D eigenvalue weighted by Crippen LogP contribution is 2.27. The minimum Gasteiger partial charge on any atom is -0.497 e. The number of fused-ring (bicyclic) bond motifs is 9. The van der Waals surface area contributed by atoms with Gasteiger partial charge in [0.25, 0.3) is 5.91 Å². The highest BCUT2D eigenvalue weighted by atomic mass is 35.5. The first-order chi connectivity index (χ1) is 14.0. The monoisotopic (exact) mass is 417 g/mol. The predicted octanol–water partition coefficient (Wildman–Crippen LogP) is 3.10. The van der Waals surface area contributed by atoms with Gasteiger partial charge in [-0.3, -0.25) is 4.79 Å². The molecule has 2 N–H and O–H groups in total. The number of hydrogen-bond acceptors (Lipinski definition) is 5. The molecule has 0 saturated heterocycles. The molecule has 2 aliphatic rings. The van der Waals surface area contributed by atoms with Gasteiger partial charge < -0.3 is 24.6 Å². The van der Waals surface area contributed by atoms with Crippen molar-refractivity contribution in [3.05, 3.63) is 64.7 Å². The summed E-state index contributed by atoms with van der Waals surface area (Å²) in [7, 11) is 1.48. The molecule has 1 amide bonds. The summed E-state index contributed by atoms with van der Waals surface area (Å²) in [5.41, 5.74) is 0.834. The van der Waals surface area contributed by atoms with E-state index < -0.39 is 17.9 Å². The second-order valence-electron chi connectivity index (χ2n) is 6.29. The third-order valence-electron chi connectivity index (χ3n) is 4.31. The lowest BCUT2D eigenvalue weighted by atomic mass is 10.0. The fourth-order valence-corrected chi connectivity index (χ4v) is 3.07. The zero-order valence-corrected chi connectivity index (χ0v) is 16.4. The number of carbonyl (C=O) groups excluding carboxylic acids is 1. The van der Waals surface area contributed by atoms with Crippen LogP contribution >= 0.6 is 11.6 Å². The van der Waals surface area contributed by atoms with Crippen molar-refractivity contribution in [3.63, 3.8) is 0 Å². The van der Waals surface area contributed by atoms with Gasteiger partial charge in [-0.2, -0.15) is 0 Å². The van der Waals surface area contributed by atoms with Gasteiger partial charge in [0.15, 0.2) is 0 Å². The minimum atomic E-state index is -1.16. The summed E-state index contributed by atoms with van der Waals surface area (Å²) in [6.45, 7) is 0.487. The van der Waals surface area contributed by atoms with Gasteiger partial charge in [-0.25, -0.2) is 4.79 Å². The number of benzene rings is 2. The molecule has 2 heterocycles. The molecular weight excluding hydrogens is 398 g/mol. The van der Waals surface area contributed by atoms with E-state index in [2.05, 4.69) is 5.32 Å². The van der Waals surface area contributed by atoms with Crippen LogP contribution in [0.1, 0.15) is 15.9 Å². The summed E-state index contributed by atoms with van der Waals surface area (Å²) < 4.78 is 16.4.